The van der Waals surface area contributed by atoms with Gasteiger partial charge in [0.1, 0.15) is 0 Å². The molecule has 0 bridgehead atoms. The Morgan fingerprint density at radius 3 is 2.88 bits per heavy atom. The van der Waals surface area contributed by atoms with Crippen molar-refractivity contribution in [1.82, 2.24) is 14.9 Å². The summed E-state index contributed by atoms with van der Waals surface area (Å²) in [5.41, 5.74) is 4.27. The molecular formula is C19H25N3O2. The molecule has 1 aliphatic carbocycles. The van der Waals surface area contributed by atoms with Gasteiger partial charge in [-0.2, -0.15) is 0 Å². The highest BCUT2D eigenvalue weighted by Crippen LogP contribution is 2.32. The van der Waals surface area contributed by atoms with E-state index >= 15 is 0 Å². The molecule has 2 N–H and O–H groups in total. The molecule has 2 aromatic rings. The first-order chi connectivity index (χ1) is 11.5. The number of aliphatic hydroxyl groups is 1. The molecule has 1 aromatic carbocycles. The molecule has 0 aliphatic heterocycles. The molecule has 0 radical (unpaired) electrons. The van der Waals surface area contributed by atoms with Crippen LogP contribution in [0, 0.1) is 0 Å². The van der Waals surface area contributed by atoms with Crippen LogP contribution >= 0.6 is 0 Å². The van der Waals surface area contributed by atoms with Gasteiger partial charge in [-0.05, 0) is 41.9 Å². The molecule has 3 rings (SSSR count). The van der Waals surface area contributed by atoms with Gasteiger partial charge < -0.3 is 15.0 Å². The number of carbonyl (C=O) groups is 1. The van der Waals surface area contributed by atoms with E-state index in [-0.39, 0.29) is 11.9 Å². The summed E-state index contributed by atoms with van der Waals surface area (Å²) in [6.07, 6.45) is 4.90. The number of aliphatic hydroxyl groups excluding tert-OH is 1. The monoisotopic (exact) mass is 327 g/mol. The number of carbonyl (C=O) groups excluding carboxylic acids is 1. The van der Waals surface area contributed by atoms with Crippen LogP contribution in [0.3, 0.4) is 0 Å². The number of fused-ring (bicyclic) bond motifs is 1. The second-order valence-corrected chi connectivity index (χ2v) is 6.90. The molecule has 1 aliphatic rings. The maximum atomic E-state index is 12.5. The molecule has 0 saturated carbocycles. The summed E-state index contributed by atoms with van der Waals surface area (Å²) in [5, 5.41) is 13.3. The van der Waals surface area contributed by atoms with Gasteiger partial charge in [-0.3, -0.25) is 4.79 Å². The average Bonchev–Trinajstić information content (AvgIpc) is 3.00. The molecule has 1 amide bonds. The van der Waals surface area contributed by atoms with E-state index in [9.17, 15) is 9.90 Å². The zero-order chi connectivity index (χ0) is 17.3. The van der Waals surface area contributed by atoms with Gasteiger partial charge in [0.2, 0.25) is 0 Å². The third-order valence-corrected chi connectivity index (χ3v) is 4.85. The van der Waals surface area contributed by atoms with Crippen molar-refractivity contribution in [2.24, 2.45) is 7.05 Å². The molecule has 0 unspecified atom stereocenters. The fourth-order valence-corrected chi connectivity index (χ4v) is 3.34. The van der Waals surface area contributed by atoms with E-state index in [0.717, 1.165) is 19.3 Å². The molecule has 0 spiro atoms. The lowest BCUT2D eigenvalue weighted by molar-refractivity contribution is -0.130. The zero-order valence-electron chi connectivity index (χ0n) is 14.5. The van der Waals surface area contributed by atoms with Crippen LogP contribution in [0.1, 0.15) is 67.1 Å². The lowest BCUT2D eigenvalue weighted by Crippen LogP contribution is -2.35. The molecule has 0 fully saturated rings. The van der Waals surface area contributed by atoms with Crippen LogP contribution in [0.15, 0.2) is 30.7 Å². The predicted octanol–water partition coefficient (Wildman–Crippen LogP) is 2.77. The molecule has 0 saturated heterocycles. The Hall–Kier alpha value is -2.14. The maximum Gasteiger partial charge on any atom is 0.255 e. The van der Waals surface area contributed by atoms with Gasteiger partial charge in [0.05, 0.1) is 24.3 Å². The topological polar surface area (TPSA) is 67.2 Å². The van der Waals surface area contributed by atoms with Crippen molar-refractivity contribution in [2.75, 3.05) is 0 Å². The Balaban J connectivity index is 1.80. The van der Waals surface area contributed by atoms with Crippen molar-refractivity contribution in [1.29, 1.82) is 0 Å². The summed E-state index contributed by atoms with van der Waals surface area (Å²) in [7, 11) is 1.77. The van der Waals surface area contributed by atoms with Crippen LogP contribution in [-0.2, 0) is 18.3 Å². The van der Waals surface area contributed by atoms with Crippen LogP contribution in [0.2, 0.25) is 0 Å². The highest BCUT2D eigenvalue weighted by atomic mass is 16.3. The number of aryl methyl sites for hydroxylation is 2. The number of benzene rings is 1. The van der Waals surface area contributed by atoms with E-state index in [1.807, 2.05) is 0 Å². The molecule has 128 valence electrons. The van der Waals surface area contributed by atoms with Crippen LogP contribution in [0.4, 0.5) is 0 Å². The van der Waals surface area contributed by atoms with Crippen molar-refractivity contribution in [3.8, 4) is 0 Å². The Morgan fingerprint density at radius 2 is 2.21 bits per heavy atom. The molecular weight excluding hydrogens is 302 g/mol. The van der Waals surface area contributed by atoms with E-state index in [0.29, 0.717) is 11.6 Å². The van der Waals surface area contributed by atoms with E-state index in [2.05, 4.69) is 42.3 Å². The first kappa shape index (κ1) is 16.7. The van der Waals surface area contributed by atoms with Crippen molar-refractivity contribution >= 4 is 5.91 Å². The van der Waals surface area contributed by atoms with Gasteiger partial charge in [-0.25, -0.2) is 4.98 Å². The smallest absolute Gasteiger partial charge is 0.255 e. The fraction of sp³-hybridized carbons (Fsp3) is 0.474. The highest BCUT2D eigenvalue weighted by molar-refractivity contribution is 5.82. The number of rotatable bonds is 4. The van der Waals surface area contributed by atoms with E-state index in [4.69, 9.17) is 0 Å². The Morgan fingerprint density at radius 1 is 1.42 bits per heavy atom. The van der Waals surface area contributed by atoms with Crippen molar-refractivity contribution in [3.63, 3.8) is 0 Å². The maximum absolute atomic E-state index is 12.5. The van der Waals surface area contributed by atoms with Gasteiger partial charge in [-0.15, -0.1) is 0 Å². The van der Waals surface area contributed by atoms with Gasteiger partial charge in [0, 0.05) is 7.05 Å². The van der Waals surface area contributed by atoms with Crippen molar-refractivity contribution in [2.45, 2.75) is 51.2 Å². The zero-order valence-corrected chi connectivity index (χ0v) is 14.5. The lowest BCUT2D eigenvalue weighted by Gasteiger charge is -2.28. The molecule has 5 heteroatoms. The van der Waals surface area contributed by atoms with Gasteiger partial charge >= 0.3 is 0 Å². The van der Waals surface area contributed by atoms with Gasteiger partial charge in [-0.1, -0.05) is 32.0 Å². The quantitative estimate of drug-likeness (QED) is 0.907. The number of nitrogens with one attached hydrogen (secondary N) is 1. The highest BCUT2D eigenvalue weighted by Gasteiger charge is 2.27. The molecule has 1 heterocycles. The number of imidazole rings is 1. The largest absolute Gasteiger partial charge is 0.377 e. The third kappa shape index (κ3) is 3.22. The van der Waals surface area contributed by atoms with Crippen LogP contribution in [0.5, 0.6) is 0 Å². The summed E-state index contributed by atoms with van der Waals surface area (Å²) in [4.78, 5) is 16.5. The summed E-state index contributed by atoms with van der Waals surface area (Å²) >= 11 is 0. The summed E-state index contributed by atoms with van der Waals surface area (Å²) in [6, 6.07) is 6.53. The minimum absolute atomic E-state index is 0.0390. The van der Waals surface area contributed by atoms with Crippen LogP contribution < -0.4 is 5.32 Å². The van der Waals surface area contributed by atoms with Crippen LogP contribution in [0.25, 0.3) is 0 Å². The first-order valence-electron chi connectivity index (χ1n) is 8.54. The standard InChI is InChI=1S/C19H25N3O2/c1-12(2)14-8-7-13-5-4-6-16(15(13)9-14)21-19(24)18(23)17-10-20-11-22(17)3/h7-12,16,18,23H,4-6H2,1-3H3,(H,21,24)/t16-,18+/m1/s1. The molecule has 24 heavy (non-hydrogen) atoms. The SMILES string of the molecule is CC(C)c1ccc2c(c1)[C@H](NC(=O)[C@@H](O)c1cncn1C)CCC2. The minimum atomic E-state index is -1.20. The Kier molecular flexibility index (Phi) is 4.71. The summed E-state index contributed by atoms with van der Waals surface area (Å²) in [5.74, 6) is 0.0833. The number of nitrogens with zero attached hydrogens (tertiary/aromatic N) is 2. The first-order valence-corrected chi connectivity index (χ1v) is 8.54. The second kappa shape index (κ2) is 6.77. The molecule has 5 nitrogen and oxygen atoms in total. The Bertz CT molecular complexity index is 736. The van der Waals surface area contributed by atoms with Crippen LogP contribution in [-0.4, -0.2) is 20.6 Å². The normalized spacial score (nSPS) is 18.3. The number of hydrogen-bond donors (Lipinski definition) is 2. The van der Waals surface area contributed by atoms with E-state index in [1.165, 1.54) is 22.9 Å². The van der Waals surface area contributed by atoms with Gasteiger partial charge in [0.25, 0.3) is 5.91 Å². The Labute approximate surface area is 142 Å². The summed E-state index contributed by atoms with van der Waals surface area (Å²) < 4.78 is 1.66. The van der Waals surface area contributed by atoms with E-state index < -0.39 is 6.10 Å². The second-order valence-electron chi connectivity index (χ2n) is 6.90. The number of amides is 1. The molecule has 1 aromatic heterocycles. The minimum Gasteiger partial charge on any atom is -0.377 e. The summed E-state index contributed by atoms with van der Waals surface area (Å²) in [6.45, 7) is 4.34. The number of hydrogen-bond acceptors (Lipinski definition) is 3. The van der Waals surface area contributed by atoms with E-state index in [1.54, 1.807) is 17.9 Å². The molecule has 2 atom stereocenters. The van der Waals surface area contributed by atoms with Crippen molar-refractivity contribution in [3.05, 3.63) is 53.1 Å². The third-order valence-electron chi connectivity index (χ3n) is 4.85. The fourth-order valence-electron chi connectivity index (χ4n) is 3.34. The van der Waals surface area contributed by atoms with Gasteiger partial charge in [0.15, 0.2) is 6.10 Å². The average molecular weight is 327 g/mol. The van der Waals surface area contributed by atoms with Crippen molar-refractivity contribution < 1.29 is 9.90 Å². The lowest BCUT2D eigenvalue weighted by atomic mass is 9.85. The predicted molar refractivity (Wildman–Crippen MR) is 92.5 cm³/mol. The number of aromatic nitrogens is 2.